The molecule has 3 aromatic rings. The molecule has 0 aliphatic rings. The third-order valence-electron chi connectivity index (χ3n) is 3.54. The van der Waals surface area contributed by atoms with Crippen molar-refractivity contribution in [3.8, 4) is 0 Å². The SMILES string of the molecule is OCc1cnc2scc(CCCCc3ccccc3)n12. The minimum atomic E-state index is 0.0505. The second-order valence-corrected chi connectivity index (χ2v) is 5.78. The van der Waals surface area contributed by atoms with Gasteiger partial charge in [-0.25, -0.2) is 4.98 Å². The lowest BCUT2D eigenvalue weighted by Gasteiger charge is -2.03. The van der Waals surface area contributed by atoms with E-state index in [1.807, 2.05) is 0 Å². The molecule has 1 aromatic carbocycles. The van der Waals surface area contributed by atoms with Crippen LogP contribution in [-0.4, -0.2) is 14.5 Å². The van der Waals surface area contributed by atoms with E-state index in [0.29, 0.717) is 0 Å². The first-order valence-corrected chi connectivity index (χ1v) is 7.84. The maximum atomic E-state index is 9.33. The second-order valence-electron chi connectivity index (χ2n) is 4.95. The molecule has 0 amide bonds. The van der Waals surface area contributed by atoms with Gasteiger partial charge >= 0.3 is 0 Å². The fourth-order valence-corrected chi connectivity index (χ4v) is 3.41. The van der Waals surface area contributed by atoms with Gasteiger partial charge in [0.25, 0.3) is 0 Å². The summed E-state index contributed by atoms with van der Waals surface area (Å²) >= 11 is 1.65. The Morgan fingerprint density at radius 1 is 1.05 bits per heavy atom. The molecule has 2 heterocycles. The maximum absolute atomic E-state index is 9.33. The molecule has 0 radical (unpaired) electrons. The number of fused-ring (bicyclic) bond motifs is 1. The molecule has 0 aliphatic carbocycles. The third kappa shape index (κ3) is 2.76. The molecule has 3 rings (SSSR count). The number of hydrogen-bond acceptors (Lipinski definition) is 3. The number of unbranched alkanes of at least 4 members (excludes halogenated alkanes) is 1. The standard InChI is InChI=1S/C16H18N2OS/c19-11-15-10-17-16-18(15)14(12-20-16)9-5-4-8-13-6-2-1-3-7-13/h1-3,6-7,10,12,19H,4-5,8-9,11H2. The van der Waals surface area contributed by atoms with Crippen LogP contribution in [0.15, 0.2) is 41.9 Å². The van der Waals surface area contributed by atoms with E-state index >= 15 is 0 Å². The van der Waals surface area contributed by atoms with Gasteiger partial charge in [-0.2, -0.15) is 0 Å². The van der Waals surface area contributed by atoms with Gasteiger partial charge in [0.2, 0.25) is 0 Å². The highest BCUT2D eigenvalue weighted by Gasteiger charge is 2.08. The number of thiazole rings is 1. The quantitative estimate of drug-likeness (QED) is 0.705. The minimum Gasteiger partial charge on any atom is -0.390 e. The zero-order valence-corrected chi connectivity index (χ0v) is 12.1. The molecule has 2 aromatic heterocycles. The van der Waals surface area contributed by atoms with Crippen LogP contribution < -0.4 is 0 Å². The van der Waals surface area contributed by atoms with Gasteiger partial charge in [-0.05, 0) is 31.2 Å². The third-order valence-corrected chi connectivity index (χ3v) is 4.43. The van der Waals surface area contributed by atoms with Crippen LogP contribution in [0.3, 0.4) is 0 Å². The number of aromatic nitrogens is 2. The number of nitrogens with zero attached hydrogens (tertiary/aromatic N) is 2. The molecule has 0 saturated carbocycles. The Kier molecular flexibility index (Phi) is 4.14. The monoisotopic (exact) mass is 286 g/mol. The zero-order chi connectivity index (χ0) is 13.8. The summed E-state index contributed by atoms with van der Waals surface area (Å²) < 4.78 is 2.09. The fraction of sp³-hybridized carbons (Fsp3) is 0.312. The Balaban J connectivity index is 1.59. The second kappa shape index (κ2) is 6.20. The van der Waals surface area contributed by atoms with Crippen molar-refractivity contribution in [2.24, 2.45) is 0 Å². The number of imidazole rings is 1. The lowest BCUT2D eigenvalue weighted by molar-refractivity contribution is 0.275. The Hall–Kier alpha value is -1.65. The highest BCUT2D eigenvalue weighted by Crippen LogP contribution is 2.20. The predicted octanol–water partition coefficient (Wildman–Crippen LogP) is 3.45. The lowest BCUT2D eigenvalue weighted by Crippen LogP contribution is -1.97. The van der Waals surface area contributed by atoms with Gasteiger partial charge in [-0.3, -0.25) is 4.40 Å². The summed E-state index contributed by atoms with van der Waals surface area (Å²) in [6.45, 7) is 0.0505. The van der Waals surface area contributed by atoms with Gasteiger partial charge < -0.3 is 5.11 Å². The van der Waals surface area contributed by atoms with Gasteiger partial charge in [-0.1, -0.05) is 30.3 Å². The Morgan fingerprint density at radius 2 is 1.85 bits per heavy atom. The summed E-state index contributed by atoms with van der Waals surface area (Å²) in [5.74, 6) is 0. The molecule has 0 atom stereocenters. The van der Waals surface area contributed by atoms with Crippen molar-refractivity contribution in [2.75, 3.05) is 0 Å². The maximum Gasteiger partial charge on any atom is 0.194 e. The lowest BCUT2D eigenvalue weighted by atomic mass is 10.1. The van der Waals surface area contributed by atoms with Crippen LogP contribution in [0.5, 0.6) is 0 Å². The Bertz CT molecular complexity index is 672. The first kappa shape index (κ1) is 13.3. The molecule has 0 bridgehead atoms. The van der Waals surface area contributed by atoms with Crippen LogP contribution in [0.2, 0.25) is 0 Å². The summed E-state index contributed by atoms with van der Waals surface area (Å²) in [7, 11) is 0. The van der Waals surface area contributed by atoms with E-state index < -0.39 is 0 Å². The van der Waals surface area contributed by atoms with Crippen LogP contribution >= 0.6 is 11.3 Å². The largest absolute Gasteiger partial charge is 0.390 e. The summed E-state index contributed by atoms with van der Waals surface area (Å²) in [5.41, 5.74) is 3.56. The number of aliphatic hydroxyl groups is 1. The molecule has 1 N–H and O–H groups in total. The highest BCUT2D eigenvalue weighted by atomic mass is 32.1. The van der Waals surface area contributed by atoms with Crippen LogP contribution in [0.25, 0.3) is 4.96 Å². The summed E-state index contributed by atoms with van der Waals surface area (Å²) in [5, 5.41) is 11.5. The number of aryl methyl sites for hydroxylation is 2. The average molecular weight is 286 g/mol. The molecule has 0 saturated heterocycles. The van der Waals surface area contributed by atoms with Crippen LogP contribution in [0, 0.1) is 0 Å². The number of aliphatic hydroxyl groups excluding tert-OH is 1. The zero-order valence-electron chi connectivity index (χ0n) is 11.3. The van der Waals surface area contributed by atoms with E-state index in [2.05, 4.69) is 45.1 Å². The molecular weight excluding hydrogens is 268 g/mol. The van der Waals surface area contributed by atoms with Crippen molar-refractivity contribution in [1.82, 2.24) is 9.38 Å². The predicted molar refractivity (Wildman–Crippen MR) is 82.1 cm³/mol. The van der Waals surface area contributed by atoms with E-state index in [-0.39, 0.29) is 6.61 Å². The van der Waals surface area contributed by atoms with E-state index in [1.165, 1.54) is 17.7 Å². The minimum absolute atomic E-state index is 0.0505. The number of rotatable bonds is 6. The van der Waals surface area contributed by atoms with E-state index in [0.717, 1.165) is 29.9 Å². The highest BCUT2D eigenvalue weighted by molar-refractivity contribution is 7.15. The smallest absolute Gasteiger partial charge is 0.194 e. The Labute approximate surface area is 122 Å². The van der Waals surface area contributed by atoms with Crippen molar-refractivity contribution >= 4 is 16.3 Å². The van der Waals surface area contributed by atoms with Gasteiger partial charge in [-0.15, -0.1) is 11.3 Å². The van der Waals surface area contributed by atoms with Gasteiger partial charge in [0.15, 0.2) is 4.96 Å². The molecule has 0 unspecified atom stereocenters. The topological polar surface area (TPSA) is 37.5 Å². The first-order chi connectivity index (χ1) is 9.88. The molecule has 3 nitrogen and oxygen atoms in total. The normalized spacial score (nSPS) is 11.2. The van der Waals surface area contributed by atoms with Crippen LogP contribution in [0.1, 0.15) is 29.8 Å². The molecule has 0 aliphatic heterocycles. The molecule has 104 valence electrons. The molecule has 0 spiro atoms. The number of hydrogen-bond donors (Lipinski definition) is 1. The van der Waals surface area contributed by atoms with Crippen LogP contribution in [0.4, 0.5) is 0 Å². The molecule has 4 heteroatoms. The van der Waals surface area contributed by atoms with Crippen LogP contribution in [-0.2, 0) is 19.4 Å². The summed E-state index contributed by atoms with van der Waals surface area (Å²) in [6.07, 6.45) is 6.27. The van der Waals surface area contributed by atoms with Crippen molar-refractivity contribution in [2.45, 2.75) is 32.3 Å². The average Bonchev–Trinajstić information content (AvgIpc) is 3.07. The summed E-state index contributed by atoms with van der Waals surface area (Å²) in [4.78, 5) is 5.29. The summed E-state index contributed by atoms with van der Waals surface area (Å²) in [6, 6.07) is 10.6. The number of benzene rings is 1. The Morgan fingerprint density at radius 3 is 2.65 bits per heavy atom. The molecular formula is C16H18N2OS. The van der Waals surface area contributed by atoms with Gasteiger partial charge in [0.05, 0.1) is 18.5 Å². The van der Waals surface area contributed by atoms with E-state index in [4.69, 9.17) is 0 Å². The van der Waals surface area contributed by atoms with E-state index in [9.17, 15) is 5.11 Å². The van der Waals surface area contributed by atoms with Gasteiger partial charge in [0.1, 0.15) is 0 Å². The van der Waals surface area contributed by atoms with E-state index in [1.54, 1.807) is 17.5 Å². The first-order valence-electron chi connectivity index (χ1n) is 6.96. The van der Waals surface area contributed by atoms with Crippen molar-refractivity contribution in [1.29, 1.82) is 0 Å². The fourth-order valence-electron chi connectivity index (χ4n) is 2.49. The molecule has 20 heavy (non-hydrogen) atoms. The van der Waals surface area contributed by atoms with Gasteiger partial charge in [0, 0.05) is 11.1 Å². The van der Waals surface area contributed by atoms with Crippen molar-refractivity contribution in [3.05, 3.63) is 58.9 Å². The molecule has 0 fully saturated rings. The van der Waals surface area contributed by atoms with Crippen molar-refractivity contribution < 1.29 is 5.11 Å². The van der Waals surface area contributed by atoms with Crippen molar-refractivity contribution in [3.63, 3.8) is 0 Å².